The highest BCUT2D eigenvalue weighted by molar-refractivity contribution is 7.87. The minimum Gasteiger partial charge on any atom is -0.325 e. The highest BCUT2D eigenvalue weighted by atomic mass is 35.5. The molecule has 3 rings (SSSR count). The van der Waals surface area contributed by atoms with E-state index in [1.165, 1.54) is 19.2 Å². The highest BCUT2D eigenvalue weighted by Crippen LogP contribution is 2.27. The maximum atomic E-state index is 13.2. The van der Waals surface area contributed by atoms with Gasteiger partial charge in [-0.05, 0) is 36.8 Å². The Morgan fingerprint density at radius 3 is 2.81 bits per heavy atom. The van der Waals surface area contributed by atoms with E-state index >= 15 is 0 Å². The highest BCUT2D eigenvalue weighted by Gasteiger charge is 2.41. The van der Waals surface area contributed by atoms with E-state index in [2.05, 4.69) is 15.0 Å². The molecular formula is C16H16ClFN4O3S. The van der Waals surface area contributed by atoms with E-state index in [4.69, 9.17) is 11.6 Å². The molecule has 1 aromatic heterocycles. The molecule has 2 N–H and O–H groups in total. The average molecular weight is 399 g/mol. The average Bonchev–Trinajstić information content (AvgIpc) is 2.61. The summed E-state index contributed by atoms with van der Waals surface area (Å²) in [4.78, 5) is 16.8. The van der Waals surface area contributed by atoms with E-state index in [0.717, 1.165) is 10.4 Å². The first kappa shape index (κ1) is 18.7. The molecular weight excluding hydrogens is 383 g/mol. The van der Waals surface area contributed by atoms with Crippen molar-refractivity contribution in [2.45, 2.75) is 18.5 Å². The van der Waals surface area contributed by atoms with Crippen molar-refractivity contribution in [1.82, 2.24) is 14.0 Å². The summed E-state index contributed by atoms with van der Waals surface area (Å²) in [5, 5.41) is 2.44. The lowest BCUT2D eigenvalue weighted by Crippen LogP contribution is -2.56. The molecule has 1 saturated heterocycles. The van der Waals surface area contributed by atoms with Crippen molar-refractivity contribution < 1.29 is 17.6 Å². The third-order valence-corrected chi connectivity index (χ3v) is 5.99. The fraction of sp³-hybridized carbons (Fsp3) is 0.250. The Morgan fingerprint density at radius 2 is 2.15 bits per heavy atom. The minimum absolute atomic E-state index is 0.138. The molecule has 10 heteroatoms. The van der Waals surface area contributed by atoms with Gasteiger partial charge in [0.2, 0.25) is 5.91 Å². The number of likely N-dealkylation sites (N-methyl/N-ethyl adjacent to an activating group) is 1. The molecule has 0 saturated carbocycles. The van der Waals surface area contributed by atoms with Gasteiger partial charge in [0.25, 0.3) is 10.2 Å². The summed E-state index contributed by atoms with van der Waals surface area (Å²) in [5.41, 5.74) is 0.798. The number of halogens is 2. The summed E-state index contributed by atoms with van der Waals surface area (Å²) in [6, 6.07) is 7.29. The van der Waals surface area contributed by atoms with Crippen LogP contribution in [0.1, 0.15) is 18.2 Å². The van der Waals surface area contributed by atoms with E-state index in [0.29, 0.717) is 5.69 Å². The number of hydrogen-bond donors (Lipinski definition) is 2. The monoisotopic (exact) mass is 398 g/mol. The molecule has 26 heavy (non-hydrogen) atoms. The predicted octanol–water partition coefficient (Wildman–Crippen LogP) is 2.09. The molecule has 0 spiro atoms. The maximum absolute atomic E-state index is 13.2. The molecule has 2 atom stereocenters. The summed E-state index contributed by atoms with van der Waals surface area (Å²) >= 11 is 5.71. The van der Waals surface area contributed by atoms with Gasteiger partial charge in [0.05, 0.1) is 16.8 Å². The van der Waals surface area contributed by atoms with Crippen LogP contribution >= 0.6 is 11.6 Å². The molecule has 1 amide bonds. The lowest BCUT2D eigenvalue weighted by Gasteiger charge is -2.35. The van der Waals surface area contributed by atoms with Crippen molar-refractivity contribution in [2.75, 3.05) is 12.4 Å². The van der Waals surface area contributed by atoms with Crippen LogP contribution < -0.4 is 10.0 Å². The third-order valence-electron chi connectivity index (χ3n) is 4.10. The molecule has 0 unspecified atom stereocenters. The van der Waals surface area contributed by atoms with Gasteiger partial charge in [-0.2, -0.15) is 17.4 Å². The lowest BCUT2D eigenvalue weighted by atomic mass is 10.0. The predicted molar refractivity (Wildman–Crippen MR) is 95.2 cm³/mol. The van der Waals surface area contributed by atoms with E-state index in [1.54, 1.807) is 24.4 Å². The molecule has 7 nitrogen and oxygen atoms in total. The normalized spacial score (nSPS) is 22.7. The molecule has 0 radical (unpaired) electrons. The number of carbonyl (C=O) groups is 1. The standard InChI is InChI=1S/C16H16ClFN4O3S/c1-22-15(16(23)20-10-5-6-12(18)11(17)8-10)9-14(21-26(22,24)25)13-4-2-3-7-19-13/h2-8,14-15,21H,9H2,1H3,(H,20,23)/t14-,15+/m0/s1. The molecule has 1 aliphatic rings. The molecule has 0 bridgehead atoms. The second-order valence-corrected chi connectivity index (χ2v) is 7.98. The van der Waals surface area contributed by atoms with E-state index in [9.17, 15) is 17.6 Å². The van der Waals surface area contributed by atoms with Crippen LogP contribution in [0.25, 0.3) is 0 Å². The van der Waals surface area contributed by atoms with Gasteiger partial charge in [0.15, 0.2) is 0 Å². The van der Waals surface area contributed by atoms with Crippen LogP contribution in [0.5, 0.6) is 0 Å². The number of pyridine rings is 1. The molecule has 2 heterocycles. The van der Waals surface area contributed by atoms with Gasteiger partial charge in [-0.15, -0.1) is 0 Å². The number of benzene rings is 1. The molecule has 138 valence electrons. The van der Waals surface area contributed by atoms with Crippen molar-refractivity contribution in [1.29, 1.82) is 0 Å². The fourth-order valence-corrected chi connectivity index (χ4v) is 4.13. The summed E-state index contributed by atoms with van der Waals surface area (Å²) < 4.78 is 41.5. The SMILES string of the molecule is CN1[C@@H](C(=O)Nc2ccc(F)c(Cl)c2)C[C@@H](c2ccccn2)NS1(=O)=O. The van der Waals surface area contributed by atoms with Gasteiger partial charge in [-0.25, -0.2) is 4.39 Å². The van der Waals surface area contributed by atoms with Crippen molar-refractivity contribution in [2.24, 2.45) is 0 Å². The number of amides is 1. The Bertz CT molecular complexity index is 926. The first-order chi connectivity index (χ1) is 12.3. The fourth-order valence-electron chi connectivity index (χ4n) is 2.69. The van der Waals surface area contributed by atoms with Gasteiger partial charge >= 0.3 is 0 Å². The summed E-state index contributed by atoms with van der Waals surface area (Å²) in [6.45, 7) is 0. The Balaban J connectivity index is 1.84. The Kier molecular flexibility index (Phi) is 5.24. The number of nitrogens with one attached hydrogen (secondary N) is 2. The summed E-state index contributed by atoms with van der Waals surface area (Å²) in [6.07, 6.45) is 1.74. The van der Waals surface area contributed by atoms with Crippen LogP contribution in [-0.2, 0) is 15.0 Å². The Morgan fingerprint density at radius 1 is 1.38 bits per heavy atom. The van der Waals surface area contributed by atoms with Crippen LogP contribution in [0.15, 0.2) is 42.6 Å². The minimum atomic E-state index is -3.86. The van der Waals surface area contributed by atoms with E-state index < -0.39 is 34.0 Å². The summed E-state index contributed by atoms with van der Waals surface area (Å²) in [7, 11) is -2.55. The number of nitrogens with zero attached hydrogens (tertiary/aromatic N) is 2. The molecule has 1 fully saturated rings. The van der Waals surface area contributed by atoms with Gasteiger partial charge in [-0.3, -0.25) is 9.78 Å². The van der Waals surface area contributed by atoms with Crippen LogP contribution in [0.3, 0.4) is 0 Å². The van der Waals surface area contributed by atoms with Gasteiger partial charge in [0, 0.05) is 18.9 Å². The number of aromatic nitrogens is 1. The zero-order chi connectivity index (χ0) is 18.9. The zero-order valence-corrected chi connectivity index (χ0v) is 15.3. The van der Waals surface area contributed by atoms with Crippen molar-refractivity contribution in [3.8, 4) is 0 Å². The molecule has 1 aromatic carbocycles. The van der Waals surface area contributed by atoms with Gasteiger partial charge in [0.1, 0.15) is 11.9 Å². The second-order valence-electron chi connectivity index (χ2n) is 5.82. The first-order valence-electron chi connectivity index (χ1n) is 7.70. The topological polar surface area (TPSA) is 91.4 Å². The van der Waals surface area contributed by atoms with Crippen molar-refractivity contribution in [3.05, 3.63) is 59.1 Å². The van der Waals surface area contributed by atoms with Gasteiger partial charge in [-0.1, -0.05) is 17.7 Å². The largest absolute Gasteiger partial charge is 0.325 e. The van der Waals surface area contributed by atoms with E-state index in [1.807, 2.05) is 0 Å². The first-order valence-corrected chi connectivity index (χ1v) is 9.52. The van der Waals surface area contributed by atoms with Crippen molar-refractivity contribution in [3.63, 3.8) is 0 Å². The maximum Gasteiger partial charge on any atom is 0.280 e. The Labute approximate surface area is 155 Å². The second kappa shape index (κ2) is 7.28. The lowest BCUT2D eigenvalue weighted by molar-refractivity contribution is -0.120. The van der Waals surface area contributed by atoms with Crippen LogP contribution in [0, 0.1) is 5.82 Å². The molecule has 2 aromatic rings. The van der Waals surface area contributed by atoms with Crippen molar-refractivity contribution >= 4 is 33.4 Å². The van der Waals surface area contributed by atoms with Crippen LogP contribution in [0.4, 0.5) is 10.1 Å². The van der Waals surface area contributed by atoms with E-state index in [-0.39, 0.29) is 17.1 Å². The number of hydrogen-bond acceptors (Lipinski definition) is 4. The quantitative estimate of drug-likeness (QED) is 0.828. The summed E-state index contributed by atoms with van der Waals surface area (Å²) in [5.74, 6) is -1.15. The van der Waals surface area contributed by atoms with Gasteiger partial charge < -0.3 is 5.32 Å². The number of anilines is 1. The smallest absolute Gasteiger partial charge is 0.280 e. The zero-order valence-electron chi connectivity index (χ0n) is 13.7. The number of rotatable bonds is 3. The van der Waals surface area contributed by atoms with Crippen LogP contribution in [0.2, 0.25) is 5.02 Å². The number of carbonyl (C=O) groups excluding carboxylic acids is 1. The third kappa shape index (κ3) is 3.85. The molecule has 0 aliphatic carbocycles. The van der Waals surface area contributed by atoms with Crippen LogP contribution in [-0.4, -0.2) is 36.7 Å². The molecule has 1 aliphatic heterocycles. The Hall–Kier alpha value is -2.07.